The van der Waals surface area contributed by atoms with Crippen LogP contribution in [0.3, 0.4) is 0 Å². The van der Waals surface area contributed by atoms with Gasteiger partial charge in [0.05, 0.1) is 0 Å². The van der Waals surface area contributed by atoms with E-state index in [4.69, 9.17) is 0 Å². The smallest absolute Gasteiger partial charge is 0.00870 e. The first-order valence-corrected chi connectivity index (χ1v) is 23.8. The fourth-order valence-corrected chi connectivity index (χ4v) is 20.3. The largest absolute Gasteiger partial charge is 0.451 e. The normalized spacial score (nSPS) is 29.2. The molecule has 0 amide bonds. The van der Waals surface area contributed by atoms with Crippen molar-refractivity contribution in [2.24, 2.45) is 0 Å². The maximum Gasteiger partial charge on any atom is 0.00870 e. The maximum atomic E-state index is 3.37. The van der Waals surface area contributed by atoms with Crippen molar-refractivity contribution in [1.29, 1.82) is 0 Å². The molecule has 0 aliphatic heterocycles. The lowest BCUT2D eigenvalue weighted by molar-refractivity contribution is 0.172. The van der Waals surface area contributed by atoms with Crippen LogP contribution < -0.4 is 0 Å². The zero-order chi connectivity index (χ0) is 28.4. The molecule has 0 aromatic carbocycles. The van der Waals surface area contributed by atoms with Crippen LogP contribution in [0.5, 0.6) is 0 Å². The van der Waals surface area contributed by atoms with E-state index in [1.54, 1.807) is 0 Å². The lowest BCUT2D eigenvalue weighted by Gasteiger charge is -2.68. The monoisotopic (exact) mass is 633 g/mol. The molecule has 3 nitrogen and oxygen atoms in total. The lowest BCUT2D eigenvalue weighted by Crippen LogP contribution is -2.44. The summed E-state index contributed by atoms with van der Waals surface area (Å²) in [5.41, 5.74) is 0. The maximum absolute atomic E-state index is 3.37. The van der Waals surface area contributed by atoms with Gasteiger partial charge < -0.3 is 38.3 Å². The summed E-state index contributed by atoms with van der Waals surface area (Å²) in [4.78, 5) is 0. The average molecular weight is 634 g/mol. The Morgan fingerprint density at radius 3 is 0.738 bits per heavy atom. The van der Waals surface area contributed by atoms with Crippen LogP contribution in [0, 0.1) is 0 Å². The zero-order valence-corrected chi connectivity index (χ0v) is 30.0. The fraction of sp³-hybridized carbons (Fsp3) is 1.00. The molecule has 0 aromatic rings. The minimum Gasteiger partial charge on any atom is -0.451 e. The van der Waals surface area contributed by atoms with Crippen molar-refractivity contribution >= 4 is 24.3 Å². The fourth-order valence-electron chi connectivity index (χ4n) is 9.85. The number of rotatable bonds is 11. The van der Waals surface area contributed by atoms with Gasteiger partial charge in [-0.25, -0.2) is 0 Å². The highest BCUT2D eigenvalue weighted by Crippen LogP contribution is 2.77. The van der Waals surface area contributed by atoms with Crippen LogP contribution in [0.4, 0.5) is 0 Å². The van der Waals surface area contributed by atoms with Gasteiger partial charge in [0.2, 0.25) is 0 Å². The van der Waals surface area contributed by atoms with Crippen molar-refractivity contribution in [3.63, 3.8) is 0 Å². The van der Waals surface area contributed by atoms with Crippen molar-refractivity contribution in [1.82, 2.24) is 14.0 Å². The third kappa shape index (κ3) is 9.16. The molecule has 0 N–H and O–H groups in total. The second-order valence-electron chi connectivity index (χ2n) is 15.3. The third-order valence-electron chi connectivity index (χ3n) is 12.3. The van der Waals surface area contributed by atoms with Gasteiger partial charge in [0.15, 0.2) is 0 Å². The van der Waals surface area contributed by atoms with Gasteiger partial charge in [-0.3, -0.25) is 0 Å². The molecule has 6 heteroatoms. The summed E-state index contributed by atoms with van der Waals surface area (Å²) >= 11 is 0. The van der Waals surface area contributed by atoms with Crippen LogP contribution in [-0.4, -0.2) is 50.3 Å². The summed E-state index contributed by atoms with van der Waals surface area (Å²) in [5.74, 6) is 0. The highest BCUT2D eigenvalue weighted by Gasteiger charge is 2.31. The molecule has 0 saturated heterocycles. The molecule has 6 saturated carbocycles. The van der Waals surface area contributed by atoms with Crippen LogP contribution >= 0.6 is 24.3 Å². The van der Waals surface area contributed by atoms with Crippen LogP contribution in [0.15, 0.2) is 0 Å². The first kappa shape index (κ1) is 33.1. The van der Waals surface area contributed by atoms with E-state index in [0.29, 0.717) is 0 Å². The number of hydrogen-bond donors (Lipinski definition) is 0. The summed E-state index contributed by atoms with van der Waals surface area (Å²) < 4.78 is 9.83. The van der Waals surface area contributed by atoms with Crippen molar-refractivity contribution < 1.29 is 0 Å². The quantitative estimate of drug-likeness (QED) is 0.210. The molecule has 0 heterocycles. The van der Waals surface area contributed by atoms with Gasteiger partial charge in [0, 0.05) is 12.1 Å². The molecular weight excluding hydrogens is 567 g/mol. The summed E-state index contributed by atoms with van der Waals surface area (Å²) in [6.07, 6.45) is 44.8. The molecule has 0 spiro atoms. The molecular formula is C36H66N3P3-2. The molecule has 6 rings (SSSR count). The Kier molecular flexibility index (Phi) is 14.1. The van der Waals surface area contributed by atoms with Gasteiger partial charge in [-0.15, -0.1) is 0 Å². The lowest BCUT2D eigenvalue weighted by atomic mass is 9.91. The number of hydrogen-bond acceptors (Lipinski definition) is 3. The third-order valence-corrected chi connectivity index (χ3v) is 20.3. The van der Waals surface area contributed by atoms with Crippen LogP contribution in [-0.2, 0) is 0 Å². The SMILES string of the molecule is C1CCC(N([P-]P([P-]N(C2CCCCC2)C2CCCCC2)N(C2CCCCC2)C2CCCCC2)C2CCCCC2)CC1. The zero-order valence-electron chi connectivity index (χ0n) is 27.4. The Balaban J connectivity index is 1.32. The van der Waals surface area contributed by atoms with Gasteiger partial charge in [0.25, 0.3) is 0 Å². The Hall–Kier alpha value is 1.17. The van der Waals surface area contributed by atoms with E-state index in [2.05, 4.69) is 14.0 Å². The molecule has 0 radical (unpaired) electrons. The summed E-state index contributed by atoms with van der Waals surface area (Å²) in [6.45, 7) is 0. The topological polar surface area (TPSA) is 9.72 Å². The van der Waals surface area contributed by atoms with Crippen LogP contribution in [0.25, 0.3) is 0 Å². The Morgan fingerprint density at radius 2 is 0.500 bits per heavy atom. The second-order valence-corrected chi connectivity index (χ2v) is 21.9. The Labute approximate surface area is 266 Å². The first-order chi connectivity index (χ1) is 20.9. The molecule has 0 bridgehead atoms. The molecule has 0 aromatic heterocycles. The molecule has 0 unspecified atom stereocenters. The van der Waals surface area contributed by atoms with Crippen molar-refractivity contribution in [2.75, 3.05) is 0 Å². The van der Waals surface area contributed by atoms with E-state index in [1.165, 1.54) is 193 Å². The van der Waals surface area contributed by atoms with E-state index >= 15 is 0 Å². The highest BCUT2D eigenvalue weighted by atomic mass is 32.4. The van der Waals surface area contributed by atoms with E-state index < -0.39 is 0 Å². The van der Waals surface area contributed by atoms with Crippen molar-refractivity contribution in [2.45, 2.75) is 229 Å². The van der Waals surface area contributed by atoms with Crippen molar-refractivity contribution in [3.8, 4) is 0 Å². The Bertz CT molecular complexity index is 637. The van der Waals surface area contributed by atoms with E-state index in [0.717, 1.165) is 36.3 Å². The standard InChI is InChI=1S/C36H66N3P3/c1-7-19-31(20-8-1)37(32-21-9-2-10-22-32)40-42(39(35-27-15-5-16-28-35)36-29-17-6-18-30-36)41-38(33-23-11-3-12-24-33)34-25-13-4-14-26-34/h31-36H,1-30H2/q-2. The predicted molar refractivity (Wildman–Crippen MR) is 188 cm³/mol. The molecule has 6 fully saturated rings. The average Bonchev–Trinajstić information content (AvgIpc) is 3.08. The molecule has 42 heavy (non-hydrogen) atoms. The summed E-state index contributed by atoms with van der Waals surface area (Å²) in [7, 11) is 3.40. The van der Waals surface area contributed by atoms with E-state index in [1.807, 2.05) is 16.8 Å². The highest BCUT2D eigenvalue weighted by molar-refractivity contribution is 8.50. The summed E-state index contributed by atoms with van der Waals surface area (Å²) in [5, 5.41) is 0. The second kappa shape index (κ2) is 17.9. The molecule has 6 aliphatic rings. The summed E-state index contributed by atoms with van der Waals surface area (Å²) in [6, 6.07) is 5.27. The van der Waals surface area contributed by atoms with Crippen LogP contribution in [0.2, 0.25) is 0 Å². The van der Waals surface area contributed by atoms with Crippen LogP contribution in [0.1, 0.15) is 193 Å². The minimum absolute atomic E-state index is 0.218. The molecule has 0 atom stereocenters. The van der Waals surface area contributed by atoms with Gasteiger partial charge in [-0.05, 0) is 101 Å². The van der Waals surface area contributed by atoms with Gasteiger partial charge in [0.1, 0.15) is 0 Å². The van der Waals surface area contributed by atoms with Gasteiger partial charge in [-0.2, -0.15) is 0 Å². The van der Waals surface area contributed by atoms with E-state index in [9.17, 15) is 0 Å². The predicted octanol–water partition coefficient (Wildman–Crippen LogP) is 12.8. The van der Waals surface area contributed by atoms with Crippen molar-refractivity contribution in [3.05, 3.63) is 0 Å². The molecule has 6 aliphatic carbocycles. The Morgan fingerprint density at radius 1 is 0.286 bits per heavy atom. The van der Waals surface area contributed by atoms with Gasteiger partial charge >= 0.3 is 0 Å². The van der Waals surface area contributed by atoms with E-state index in [-0.39, 0.29) is 7.45 Å². The van der Waals surface area contributed by atoms with Gasteiger partial charge in [-0.1, -0.05) is 116 Å². The molecule has 242 valence electrons. The number of nitrogens with zero attached hydrogens (tertiary/aromatic N) is 3. The first-order valence-electron chi connectivity index (χ1n) is 19.4. The minimum atomic E-state index is -0.218.